The summed E-state index contributed by atoms with van der Waals surface area (Å²) in [6.45, 7) is 1.56. The molecule has 0 saturated heterocycles. The van der Waals surface area contributed by atoms with Crippen molar-refractivity contribution in [3.05, 3.63) is 57.0 Å². The molecule has 0 aliphatic rings. The maximum Gasteiger partial charge on any atom is 0.432 e. The molecule has 1 atom stereocenters. The fourth-order valence-electron chi connectivity index (χ4n) is 1.68. The molecule has 1 heterocycles. The van der Waals surface area contributed by atoms with Gasteiger partial charge in [-0.1, -0.05) is 23.7 Å². The monoisotopic (exact) mass is 361 g/mol. The third-order valence-corrected chi connectivity index (χ3v) is 3.89. The van der Waals surface area contributed by atoms with E-state index < -0.39 is 18.2 Å². The van der Waals surface area contributed by atoms with Crippen molar-refractivity contribution >= 4 is 35.0 Å². The molecule has 1 aromatic carbocycles. The molecule has 2 rings (SSSR count). The van der Waals surface area contributed by atoms with Crippen molar-refractivity contribution in [2.24, 2.45) is 0 Å². The van der Waals surface area contributed by atoms with Crippen molar-refractivity contribution in [1.29, 1.82) is 0 Å². The van der Waals surface area contributed by atoms with Gasteiger partial charge in [0.15, 0.2) is 0 Å². The van der Waals surface area contributed by atoms with Crippen LogP contribution >= 0.6 is 22.9 Å². The summed E-state index contributed by atoms with van der Waals surface area (Å²) in [6, 6.07) is 6.52. The van der Waals surface area contributed by atoms with Crippen LogP contribution in [0.25, 0.3) is 6.08 Å². The number of carbonyl (C=O) groups excluding carboxylic acids is 1. The standard InChI is InChI=1S/C15H11ClF3NO2S/c1-9-8-23-14(20-9)13(15(17,18)19)22-12(21)6-5-10-3-2-4-11(16)7-10/h2-8,13H,1H3/b6-5+. The van der Waals surface area contributed by atoms with Crippen LogP contribution in [0.3, 0.4) is 0 Å². The predicted molar refractivity (Wildman–Crippen MR) is 82.2 cm³/mol. The Hall–Kier alpha value is -1.86. The Morgan fingerprint density at radius 1 is 1.43 bits per heavy atom. The van der Waals surface area contributed by atoms with Crippen molar-refractivity contribution in [1.82, 2.24) is 4.98 Å². The zero-order chi connectivity index (χ0) is 17.0. The summed E-state index contributed by atoms with van der Waals surface area (Å²) in [7, 11) is 0. The molecule has 8 heteroatoms. The Bertz CT molecular complexity index is 728. The molecule has 0 aliphatic heterocycles. The highest BCUT2D eigenvalue weighted by molar-refractivity contribution is 7.09. The molecule has 0 aliphatic carbocycles. The van der Waals surface area contributed by atoms with E-state index in [1.165, 1.54) is 11.5 Å². The van der Waals surface area contributed by atoms with Crippen LogP contribution in [0.2, 0.25) is 5.02 Å². The van der Waals surface area contributed by atoms with Crippen LogP contribution in [-0.2, 0) is 9.53 Å². The number of hydrogen-bond donors (Lipinski definition) is 0. The number of rotatable bonds is 4. The van der Waals surface area contributed by atoms with Gasteiger partial charge < -0.3 is 4.74 Å². The van der Waals surface area contributed by atoms with Crippen molar-refractivity contribution in [2.45, 2.75) is 19.2 Å². The summed E-state index contributed by atoms with van der Waals surface area (Å²) < 4.78 is 43.6. The second-order valence-electron chi connectivity index (χ2n) is 4.57. The fourth-order valence-corrected chi connectivity index (χ4v) is 2.72. The summed E-state index contributed by atoms with van der Waals surface area (Å²) in [6.07, 6.45) is -4.86. The van der Waals surface area contributed by atoms with Gasteiger partial charge in [0.1, 0.15) is 5.01 Å². The van der Waals surface area contributed by atoms with Crippen LogP contribution in [0.5, 0.6) is 0 Å². The van der Waals surface area contributed by atoms with Gasteiger partial charge in [0, 0.05) is 22.2 Å². The highest BCUT2D eigenvalue weighted by Gasteiger charge is 2.45. The lowest BCUT2D eigenvalue weighted by Gasteiger charge is -2.17. The van der Waals surface area contributed by atoms with Gasteiger partial charge in [0.05, 0.1) is 0 Å². The average Bonchev–Trinajstić information content (AvgIpc) is 2.87. The zero-order valence-electron chi connectivity index (χ0n) is 11.8. The Balaban J connectivity index is 2.12. The van der Waals surface area contributed by atoms with Gasteiger partial charge >= 0.3 is 12.1 Å². The van der Waals surface area contributed by atoms with Crippen LogP contribution in [0.1, 0.15) is 22.4 Å². The Labute approximate surface area is 139 Å². The third-order valence-electron chi connectivity index (χ3n) is 2.65. The van der Waals surface area contributed by atoms with Crippen LogP contribution in [0.15, 0.2) is 35.7 Å². The number of esters is 1. The number of carbonyl (C=O) groups is 1. The topological polar surface area (TPSA) is 39.2 Å². The molecule has 23 heavy (non-hydrogen) atoms. The number of halogens is 4. The van der Waals surface area contributed by atoms with E-state index in [2.05, 4.69) is 9.72 Å². The number of ether oxygens (including phenoxy) is 1. The molecule has 0 fully saturated rings. The van der Waals surface area contributed by atoms with E-state index in [1.54, 1.807) is 31.2 Å². The second-order valence-corrected chi connectivity index (χ2v) is 5.90. The minimum atomic E-state index is -4.73. The van der Waals surface area contributed by atoms with Crippen molar-refractivity contribution < 1.29 is 22.7 Å². The highest BCUT2D eigenvalue weighted by Crippen LogP contribution is 2.37. The smallest absolute Gasteiger partial charge is 0.432 e. The lowest BCUT2D eigenvalue weighted by molar-refractivity contribution is -0.221. The predicted octanol–water partition coefficient (Wildman–Crippen LogP) is 4.96. The number of hydrogen-bond acceptors (Lipinski definition) is 4. The van der Waals surface area contributed by atoms with Crippen LogP contribution in [0.4, 0.5) is 13.2 Å². The van der Waals surface area contributed by atoms with E-state index in [-0.39, 0.29) is 5.01 Å². The molecule has 122 valence electrons. The first kappa shape index (κ1) is 17.5. The number of nitrogens with zero attached hydrogens (tertiary/aromatic N) is 1. The zero-order valence-corrected chi connectivity index (χ0v) is 13.4. The van der Waals surface area contributed by atoms with E-state index >= 15 is 0 Å². The second kappa shape index (κ2) is 7.14. The van der Waals surface area contributed by atoms with Crippen LogP contribution in [0, 0.1) is 6.92 Å². The maximum atomic E-state index is 13.0. The quantitative estimate of drug-likeness (QED) is 0.570. The van der Waals surface area contributed by atoms with E-state index in [0.717, 1.165) is 17.4 Å². The van der Waals surface area contributed by atoms with Gasteiger partial charge in [-0.15, -0.1) is 11.3 Å². The highest BCUT2D eigenvalue weighted by atomic mass is 35.5. The molecule has 2 aromatic rings. The van der Waals surface area contributed by atoms with Gasteiger partial charge in [-0.05, 0) is 30.7 Å². The van der Waals surface area contributed by atoms with E-state index in [1.807, 2.05) is 0 Å². The summed E-state index contributed by atoms with van der Waals surface area (Å²) in [5.41, 5.74) is 1.01. The average molecular weight is 362 g/mol. The first-order valence-corrected chi connectivity index (χ1v) is 7.64. The van der Waals surface area contributed by atoms with Gasteiger partial charge in [-0.25, -0.2) is 9.78 Å². The molecule has 0 N–H and O–H groups in total. The Morgan fingerprint density at radius 2 is 2.17 bits per heavy atom. The Morgan fingerprint density at radius 3 is 2.74 bits per heavy atom. The number of benzene rings is 1. The van der Waals surface area contributed by atoms with E-state index in [0.29, 0.717) is 16.3 Å². The summed E-state index contributed by atoms with van der Waals surface area (Å²) >= 11 is 6.57. The molecule has 0 radical (unpaired) electrons. The number of aryl methyl sites for hydroxylation is 1. The SMILES string of the molecule is Cc1csc(C(OC(=O)/C=C/c2cccc(Cl)c2)C(F)(F)F)n1. The van der Waals surface area contributed by atoms with Gasteiger partial charge in [0.2, 0.25) is 6.10 Å². The van der Waals surface area contributed by atoms with Crippen LogP contribution in [-0.4, -0.2) is 17.1 Å². The van der Waals surface area contributed by atoms with Crippen molar-refractivity contribution in [3.63, 3.8) is 0 Å². The molecule has 0 bridgehead atoms. The number of aromatic nitrogens is 1. The van der Waals surface area contributed by atoms with Crippen molar-refractivity contribution in [2.75, 3.05) is 0 Å². The van der Waals surface area contributed by atoms with Crippen LogP contribution < -0.4 is 0 Å². The molecule has 3 nitrogen and oxygen atoms in total. The molecular formula is C15H11ClF3NO2S. The molecule has 1 unspecified atom stereocenters. The summed E-state index contributed by atoms with van der Waals surface area (Å²) in [5, 5.41) is 1.61. The molecular weight excluding hydrogens is 351 g/mol. The summed E-state index contributed by atoms with van der Waals surface area (Å²) in [4.78, 5) is 15.4. The van der Waals surface area contributed by atoms with Gasteiger partial charge in [-0.3, -0.25) is 0 Å². The Kier molecular flexibility index (Phi) is 5.43. The third kappa shape index (κ3) is 5.07. The van der Waals surface area contributed by atoms with E-state index in [9.17, 15) is 18.0 Å². The number of alkyl halides is 3. The maximum absolute atomic E-state index is 13.0. The normalized spacial score (nSPS) is 13.3. The fraction of sp³-hybridized carbons (Fsp3) is 0.200. The molecule has 1 aromatic heterocycles. The molecule has 0 saturated carbocycles. The van der Waals surface area contributed by atoms with Crippen molar-refractivity contribution in [3.8, 4) is 0 Å². The lowest BCUT2D eigenvalue weighted by atomic mass is 10.2. The number of thiazole rings is 1. The summed E-state index contributed by atoms with van der Waals surface area (Å²) in [5.74, 6) is -1.11. The molecule has 0 amide bonds. The first-order valence-electron chi connectivity index (χ1n) is 6.38. The molecule has 0 spiro atoms. The first-order chi connectivity index (χ1) is 10.8. The van der Waals surface area contributed by atoms with E-state index in [4.69, 9.17) is 11.6 Å². The van der Waals surface area contributed by atoms with Gasteiger partial charge in [-0.2, -0.15) is 13.2 Å². The lowest BCUT2D eigenvalue weighted by Crippen LogP contribution is -2.25. The largest absolute Gasteiger partial charge is 0.442 e. The minimum absolute atomic E-state index is 0.306. The van der Waals surface area contributed by atoms with Gasteiger partial charge in [0.25, 0.3) is 0 Å². The minimum Gasteiger partial charge on any atom is -0.442 e.